The van der Waals surface area contributed by atoms with Crippen LogP contribution in [0, 0.1) is 5.95 Å². The normalized spacial score (nSPS) is 10.2. The zero-order chi connectivity index (χ0) is 13.7. The highest BCUT2D eigenvalue weighted by molar-refractivity contribution is 5.92. The Morgan fingerprint density at radius 2 is 1.95 bits per heavy atom. The van der Waals surface area contributed by atoms with Crippen molar-refractivity contribution in [3.63, 3.8) is 0 Å². The number of nitrogens with zero attached hydrogens (tertiary/aromatic N) is 1. The second-order valence-corrected chi connectivity index (χ2v) is 4.07. The minimum atomic E-state index is -0.577. The molecule has 2 rings (SSSR count). The number of hydrogen-bond acceptors (Lipinski definition) is 3. The molecule has 0 bridgehead atoms. The Balaban J connectivity index is 2.03. The first-order valence-electron chi connectivity index (χ1n) is 5.87. The number of nitrogens with one attached hydrogen (secondary N) is 1. The van der Waals surface area contributed by atoms with Crippen molar-refractivity contribution in [1.82, 2.24) is 4.98 Å². The molecule has 4 nitrogen and oxygen atoms in total. The van der Waals surface area contributed by atoms with E-state index in [-0.39, 0.29) is 12.3 Å². The number of hydrogen-bond donors (Lipinski definition) is 2. The number of aromatic nitrogens is 1. The highest BCUT2D eigenvalue weighted by Gasteiger charge is 2.07. The fourth-order valence-corrected chi connectivity index (χ4v) is 1.76. The molecule has 0 saturated carbocycles. The zero-order valence-corrected chi connectivity index (χ0v) is 10.3. The van der Waals surface area contributed by atoms with Gasteiger partial charge in [0.05, 0.1) is 18.3 Å². The van der Waals surface area contributed by atoms with Crippen LogP contribution >= 0.6 is 0 Å². The van der Waals surface area contributed by atoms with Gasteiger partial charge in [0, 0.05) is 6.54 Å². The van der Waals surface area contributed by atoms with Gasteiger partial charge in [-0.3, -0.25) is 4.79 Å². The van der Waals surface area contributed by atoms with Crippen LogP contribution in [-0.4, -0.2) is 10.9 Å². The molecule has 1 aromatic carbocycles. The summed E-state index contributed by atoms with van der Waals surface area (Å²) < 4.78 is 12.6. The molecule has 0 fully saturated rings. The Kier molecular flexibility index (Phi) is 4.20. The molecule has 0 aliphatic heterocycles. The van der Waals surface area contributed by atoms with Gasteiger partial charge in [-0.25, -0.2) is 4.98 Å². The van der Waals surface area contributed by atoms with Crippen molar-refractivity contribution in [1.29, 1.82) is 0 Å². The number of benzene rings is 1. The van der Waals surface area contributed by atoms with Crippen LogP contribution in [0.15, 0.2) is 42.6 Å². The average molecular weight is 259 g/mol. The third kappa shape index (κ3) is 3.59. The molecule has 0 saturated heterocycles. The standard InChI is InChI=1S/C14H14FN3O/c15-13-6-5-12(9-17-13)18-14(19)7-10-3-1-2-4-11(10)8-16/h1-6,9H,7-8,16H2,(H,18,19). The first kappa shape index (κ1) is 13.2. The van der Waals surface area contributed by atoms with Gasteiger partial charge in [-0.15, -0.1) is 0 Å². The van der Waals surface area contributed by atoms with E-state index in [1.807, 2.05) is 24.3 Å². The van der Waals surface area contributed by atoms with Crippen LogP contribution in [0.3, 0.4) is 0 Å². The number of carbonyl (C=O) groups excluding carboxylic acids is 1. The van der Waals surface area contributed by atoms with E-state index in [1.54, 1.807) is 0 Å². The van der Waals surface area contributed by atoms with E-state index in [2.05, 4.69) is 10.3 Å². The first-order chi connectivity index (χ1) is 9.19. The topological polar surface area (TPSA) is 68.0 Å². The summed E-state index contributed by atoms with van der Waals surface area (Å²) in [5, 5.41) is 2.66. The molecule has 0 atom stereocenters. The summed E-state index contributed by atoms with van der Waals surface area (Å²) in [4.78, 5) is 15.3. The van der Waals surface area contributed by atoms with E-state index in [9.17, 15) is 9.18 Å². The molecule has 0 radical (unpaired) electrons. The quantitative estimate of drug-likeness (QED) is 0.823. The van der Waals surface area contributed by atoms with E-state index in [0.29, 0.717) is 12.2 Å². The number of pyridine rings is 1. The maximum Gasteiger partial charge on any atom is 0.228 e. The smallest absolute Gasteiger partial charge is 0.228 e. The molecule has 0 spiro atoms. The van der Waals surface area contributed by atoms with Crippen LogP contribution < -0.4 is 11.1 Å². The fraction of sp³-hybridized carbons (Fsp3) is 0.143. The zero-order valence-electron chi connectivity index (χ0n) is 10.3. The van der Waals surface area contributed by atoms with Crippen LogP contribution in [0.4, 0.5) is 10.1 Å². The van der Waals surface area contributed by atoms with Gasteiger partial charge in [0.1, 0.15) is 0 Å². The summed E-state index contributed by atoms with van der Waals surface area (Å²) in [6.07, 6.45) is 1.51. The molecule has 2 aromatic rings. The lowest BCUT2D eigenvalue weighted by Crippen LogP contribution is -2.16. The lowest BCUT2D eigenvalue weighted by atomic mass is 10.0. The molecule has 98 valence electrons. The SMILES string of the molecule is NCc1ccccc1CC(=O)Nc1ccc(F)nc1. The highest BCUT2D eigenvalue weighted by Crippen LogP contribution is 2.11. The summed E-state index contributed by atoms with van der Waals surface area (Å²) >= 11 is 0. The minimum Gasteiger partial charge on any atom is -0.326 e. The van der Waals surface area contributed by atoms with Crippen LogP contribution in [0.1, 0.15) is 11.1 Å². The minimum absolute atomic E-state index is 0.186. The second-order valence-electron chi connectivity index (χ2n) is 4.07. The number of anilines is 1. The Morgan fingerprint density at radius 1 is 1.21 bits per heavy atom. The Labute approximate surface area is 110 Å². The van der Waals surface area contributed by atoms with Crippen molar-refractivity contribution in [2.24, 2.45) is 5.73 Å². The summed E-state index contributed by atoms with van der Waals surface area (Å²) in [6.45, 7) is 0.390. The molecule has 0 aliphatic carbocycles. The Hall–Kier alpha value is -2.27. The second kappa shape index (κ2) is 6.06. The van der Waals surface area contributed by atoms with E-state index in [4.69, 9.17) is 5.73 Å². The van der Waals surface area contributed by atoms with E-state index >= 15 is 0 Å². The van der Waals surface area contributed by atoms with Crippen molar-refractivity contribution in [2.45, 2.75) is 13.0 Å². The molecule has 3 N–H and O–H groups in total. The van der Waals surface area contributed by atoms with Crippen molar-refractivity contribution >= 4 is 11.6 Å². The van der Waals surface area contributed by atoms with Gasteiger partial charge >= 0.3 is 0 Å². The molecule has 1 aromatic heterocycles. The van der Waals surface area contributed by atoms with E-state index < -0.39 is 5.95 Å². The number of nitrogens with two attached hydrogens (primary N) is 1. The number of carbonyl (C=O) groups is 1. The van der Waals surface area contributed by atoms with E-state index in [1.165, 1.54) is 18.3 Å². The number of amides is 1. The summed E-state index contributed by atoms with van der Waals surface area (Å²) in [7, 11) is 0. The van der Waals surface area contributed by atoms with Gasteiger partial charge in [-0.2, -0.15) is 4.39 Å². The van der Waals surface area contributed by atoms with Crippen LogP contribution in [-0.2, 0) is 17.8 Å². The highest BCUT2D eigenvalue weighted by atomic mass is 19.1. The maximum absolute atomic E-state index is 12.6. The monoisotopic (exact) mass is 259 g/mol. The summed E-state index contributed by atoms with van der Waals surface area (Å²) in [6, 6.07) is 10.2. The van der Waals surface area contributed by atoms with Crippen LogP contribution in [0.2, 0.25) is 0 Å². The molecular formula is C14H14FN3O. The molecule has 1 heterocycles. The van der Waals surface area contributed by atoms with Crippen molar-refractivity contribution in [2.75, 3.05) is 5.32 Å². The van der Waals surface area contributed by atoms with Crippen molar-refractivity contribution in [3.8, 4) is 0 Å². The molecule has 5 heteroatoms. The molecule has 1 amide bonds. The third-order valence-electron chi connectivity index (χ3n) is 2.70. The van der Waals surface area contributed by atoms with Gasteiger partial charge in [0.25, 0.3) is 0 Å². The lowest BCUT2D eigenvalue weighted by Gasteiger charge is -2.08. The Morgan fingerprint density at radius 3 is 2.58 bits per heavy atom. The van der Waals surface area contributed by atoms with Crippen LogP contribution in [0.25, 0.3) is 0 Å². The van der Waals surface area contributed by atoms with Gasteiger partial charge in [-0.1, -0.05) is 24.3 Å². The Bertz CT molecular complexity index is 569. The van der Waals surface area contributed by atoms with Gasteiger partial charge in [-0.05, 0) is 23.3 Å². The van der Waals surface area contributed by atoms with Gasteiger partial charge < -0.3 is 11.1 Å². The first-order valence-corrected chi connectivity index (χ1v) is 5.87. The van der Waals surface area contributed by atoms with Gasteiger partial charge in [0.2, 0.25) is 11.9 Å². The lowest BCUT2D eigenvalue weighted by molar-refractivity contribution is -0.115. The average Bonchev–Trinajstić information content (AvgIpc) is 2.42. The molecule has 0 aliphatic rings. The fourth-order valence-electron chi connectivity index (χ4n) is 1.76. The van der Waals surface area contributed by atoms with Crippen molar-refractivity contribution < 1.29 is 9.18 Å². The number of halogens is 1. The van der Waals surface area contributed by atoms with Crippen molar-refractivity contribution in [3.05, 3.63) is 59.7 Å². The summed E-state index contributed by atoms with van der Waals surface area (Å²) in [5.74, 6) is -0.763. The summed E-state index contributed by atoms with van der Waals surface area (Å²) in [5.41, 5.74) is 7.91. The molecular weight excluding hydrogens is 245 g/mol. The van der Waals surface area contributed by atoms with Gasteiger partial charge in [0.15, 0.2) is 0 Å². The largest absolute Gasteiger partial charge is 0.326 e. The maximum atomic E-state index is 12.6. The third-order valence-corrected chi connectivity index (χ3v) is 2.70. The van der Waals surface area contributed by atoms with E-state index in [0.717, 1.165) is 11.1 Å². The molecule has 0 unspecified atom stereocenters. The van der Waals surface area contributed by atoms with Crippen LogP contribution in [0.5, 0.6) is 0 Å². The predicted molar refractivity (Wildman–Crippen MR) is 70.9 cm³/mol. The molecule has 19 heavy (non-hydrogen) atoms. The number of rotatable bonds is 4. The predicted octanol–water partition coefficient (Wildman–Crippen LogP) is 1.86.